The number of carbonyl (C=O) groups is 1. The van der Waals surface area contributed by atoms with Gasteiger partial charge in [0.15, 0.2) is 0 Å². The molecule has 6 heteroatoms. The zero-order valence-electron chi connectivity index (χ0n) is 14.7. The second kappa shape index (κ2) is 7.05. The maximum atomic E-state index is 11.7. The Balaban J connectivity index is 1.71. The summed E-state index contributed by atoms with van der Waals surface area (Å²) in [5, 5.41) is 3.42. The van der Waals surface area contributed by atoms with Crippen molar-refractivity contribution in [3.8, 4) is 0 Å². The lowest BCUT2D eigenvalue weighted by molar-refractivity contribution is 0.0681. The van der Waals surface area contributed by atoms with E-state index in [9.17, 15) is 4.79 Å². The predicted octanol–water partition coefficient (Wildman–Crippen LogP) is 2.68. The number of primary amides is 1. The Morgan fingerprint density at radius 1 is 1.38 bits per heavy atom. The maximum Gasteiger partial charge on any atom is 0.252 e. The smallest absolute Gasteiger partial charge is 0.252 e. The number of hydrogen-bond acceptors (Lipinski definition) is 5. The number of hydrogen-bond donors (Lipinski definition) is 2. The van der Waals surface area contributed by atoms with E-state index in [0.29, 0.717) is 23.7 Å². The average Bonchev–Trinajstić information content (AvgIpc) is 2.54. The Kier molecular flexibility index (Phi) is 5.04. The van der Waals surface area contributed by atoms with Crippen LogP contribution in [0.25, 0.3) is 0 Å². The minimum atomic E-state index is -0.444. The minimum absolute atomic E-state index is 0.242. The zero-order chi connectivity index (χ0) is 17.2. The number of nitrogens with zero attached hydrogens (tertiary/aromatic N) is 2. The molecule has 3 N–H and O–H groups in total. The molecule has 0 atom stereocenters. The molecule has 2 saturated carbocycles. The van der Waals surface area contributed by atoms with Crippen molar-refractivity contribution in [1.82, 2.24) is 9.97 Å². The Bertz CT molecular complexity index is 593. The van der Waals surface area contributed by atoms with Gasteiger partial charge in [0.25, 0.3) is 5.91 Å². The first-order valence-electron chi connectivity index (χ1n) is 8.94. The molecule has 0 aliphatic heterocycles. The molecule has 24 heavy (non-hydrogen) atoms. The van der Waals surface area contributed by atoms with Crippen LogP contribution in [0.3, 0.4) is 0 Å². The maximum absolute atomic E-state index is 11.7. The number of methoxy groups -OCH3 is 1. The van der Waals surface area contributed by atoms with E-state index in [-0.39, 0.29) is 5.41 Å². The van der Waals surface area contributed by atoms with Gasteiger partial charge in [0.2, 0.25) is 5.95 Å². The summed E-state index contributed by atoms with van der Waals surface area (Å²) in [7, 11) is 1.78. The first-order valence-corrected chi connectivity index (χ1v) is 8.94. The summed E-state index contributed by atoms with van der Waals surface area (Å²) in [5.41, 5.74) is 6.99. The molecule has 1 aromatic heterocycles. The molecule has 2 aliphatic rings. The highest BCUT2D eigenvalue weighted by Gasteiger charge is 2.33. The predicted molar refractivity (Wildman–Crippen MR) is 92.9 cm³/mol. The molecule has 0 spiro atoms. The van der Waals surface area contributed by atoms with E-state index in [0.717, 1.165) is 37.8 Å². The Labute approximate surface area is 143 Å². The van der Waals surface area contributed by atoms with Gasteiger partial charge < -0.3 is 15.8 Å². The second-order valence-electron chi connectivity index (χ2n) is 7.61. The number of nitrogens with one attached hydrogen (secondary N) is 1. The van der Waals surface area contributed by atoms with Gasteiger partial charge in [-0.05, 0) is 50.4 Å². The summed E-state index contributed by atoms with van der Waals surface area (Å²) < 4.78 is 5.41. The largest absolute Gasteiger partial charge is 0.381 e. The van der Waals surface area contributed by atoms with Gasteiger partial charge >= 0.3 is 0 Å². The van der Waals surface area contributed by atoms with Crippen molar-refractivity contribution in [3.63, 3.8) is 0 Å². The van der Waals surface area contributed by atoms with Crippen molar-refractivity contribution in [2.75, 3.05) is 12.4 Å². The highest BCUT2D eigenvalue weighted by atomic mass is 16.5. The van der Waals surface area contributed by atoms with Gasteiger partial charge in [-0.1, -0.05) is 13.3 Å². The molecule has 0 unspecified atom stereocenters. The normalized spacial score (nSPS) is 25.8. The van der Waals surface area contributed by atoms with E-state index < -0.39 is 5.91 Å². The number of amides is 1. The highest BCUT2D eigenvalue weighted by molar-refractivity contribution is 5.93. The van der Waals surface area contributed by atoms with E-state index in [1.54, 1.807) is 13.3 Å². The SMILES string of the molecule is COC1CCC(Nc2ncc(C(N)=O)c(CC3(C)CCC3)n2)CC1. The van der Waals surface area contributed by atoms with Crippen molar-refractivity contribution >= 4 is 11.9 Å². The molecule has 1 aromatic rings. The molecule has 6 nitrogen and oxygen atoms in total. The number of aromatic nitrogens is 2. The van der Waals surface area contributed by atoms with Gasteiger partial charge in [0.1, 0.15) is 0 Å². The summed E-state index contributed by atoms with van der Waals surface area (Å²) >= 11 is 0. The number of rotatable bonds is 6. The van der Waals surface area contributed by atoms with Crippen LogP contribution in [0.2, 0.25) is 0 Å². The lowest BCUT2D eigenvalue weighted by atomic mass is 9.67. The van der Waals surface area contributed by atoms with Gasteiger partial charge in [0, 0.05) is 19.3 Å². The van der Waals surface area contributed by atoms with Crippen LogP contribution in [0, 0.1) is 5.41 Å². The first kappa shape index (κ1) is 17.1. The summed E-state index contributed by atoms with van der Waals surface area (Å²) in [6, 6.07) is 0.364. The number of ether oxygens (including phenoxy) is 1. The fourth-order valence-corrected chi connectivity index (χ4v) is 3.81. The van der Waals surface area contributed by atoms with E-state index in [2.05, 4.69) is 22.2 Å². The van der Waals surface area contributed by atoms with Gasteiger partial charge in [-0.2, -0.15) is 0 Å². The van der Waals surface area contributed by atoms with Crippen molar-refractivity contribution in [2.45, 2.75) is 70.4 Å². The fourth-order valence-electron chi connectivity index (χ4n) is 3.81. The molecule has 2 fully saturated rings. The quantitative estimate of drug-likeness (QED) is 0.836. The summed E-state index contributed by atoms with van der Waals surface area (Å²) in [4.78, 5) is 20.6. The summed E-state index contributed by atoms with van der Waals surface area (Å²) in [5.74, 6) is 0.166. The Hall–Kier alpha value is -1.69. The van der Waals surface area contributed by atoms with E-state index >= 15 is 0 Å². The zero-order valence-corrected chi connectivity index (χ0v) is 14.7. The lowest BCUT2D eigenvalue weighted by Gasteiger charge is -2.38. The monoisotopic (exact) mass is 332 g/mol. The van der Waals surface area contributed by atoms with Crippen LogP contribution in [0.15, 0.2) is 6.20 Å². The van der Waals surface area contributed by atoms with Crippen LogP contribution >= 0.6 is 0 Å². The highest BCUT2D eigenvalue weighted by Crippen LogP contribution is 2.43. The molecule has 1 heterocycles. The number of anilines is 1. The molecule has 1 amide bonds. The van der Waals surface area contributed by atoms with Gasteiger partial charge in [-0.3, -0.25) is 4.79 Å². The van der Waals surface area contributed by atoms with Crippen molar-refractivity contribution < 1.29 is 9.53 Å². The number of carbonyl (C=O) groups excluding carboxylic acids is 1. The molecule has 0 radical (unpaired) electrons. The van der Waals surface area contributed by atoms with E-state index in [1.807, 2.05) is 0 Å². The third-order valence-corrected chi connectivity index (χ3v) is 5.63. The molecular weight excluding hydrogens is 304 g/mol. The minimum Gasteiger partial charge on any atom is -0.381 e. The van der Waals surface area contributed by atoms with Crippen LogP contribution in [0.1, 0.15) is 67.9 Å². The summed E-state index contributed by atoms with van der Waals surface area (Å²) in [6.07, 6.45) is 10.6. The average molecular weight is 332 g/mol. The van der Waals surface area contributed by atoms with Crippen molar-refractivity contribution in [3.05, 3.63) is 17.5 Å². The molecule has 2 aliphatic carbocycles. The third kappa shape index (κ3) is 3.86. The van der Waals surface area contributed by atoms with Crippen LogP contribution in [-0.2, 0) is 11.2 Å². The van der Waals surface area contributed by atoms with Crippen LogP contribution < -0.4 is 11.1 Å². The van der Waals surface area contributed by atoms with Crippen LogP contribution in [-0.4, -0.2) is 35.1 Å². The second-order valence-corrected chi connectivity index (χ2v) is 7.61. The van der Waals surface area contributed by atoms with Crippen molar-refractivity contribution in [1.29, 1.82) is 0 Å². The topological polar surface area (TPSA) is 90.1 Å². The molecule has 0 aromatic carbocycles. The third-order valence-electron chi connectivity index (χ3n) is 5.63. The molecular formula is C18H28N4O2. The summed E-state index contributed by atoms with van der Waals surface area (Å²) in [6.45, 7) is 2.25. The Morgan fingerprint density at radius 2 is 2.08 bits per heavy atom. The number of nitrogens with two attached hydrogens (primary N) is 1. The standard InChI is InChI=1S/C18H28N4O2/c1-18(8-3-9-18)10-15-14(16(19)23)11-20-17(22-15)21-12-4-6-13(24-2)7-5-12/h11-13H,3-10H2,1-2H3,(H2,19,23)(H,20,21,22). The molecule has 0 bridgehead atoms. The van der Waals surface area contributed by atoms with Crippen LogP contribution in [0.5, 0.6) is 0 Å². The van der Waals surface area contributed by atoms with E-state index in [4.69, 9.17) is 10.5 Å². The fraction of sp³-hybridized carbons (Fsp3) is 0.722. The van der Waals surface area contributed by atoms with Gasteiger partial charge in [-0.25, -0.2) is 9.97 Å². The van der Waals surface area contributed by atoms with Gasteiger partial charge in [-0.15, -0.1) is 0 Å². The Morgan fingerprint density at radius 3 is 2.62 bits per heavy atom. The lowest BCUT2D eigenvalue weighted by Crippen LogP contribution is -2.32. The molecule has 132 valence electrons. The molecule has 0 saturated heterocycles. The first-order chi connectivity index (χ1) is 11.5. The van der Waals surface area contributed by atoms with Crippen molar-refractivity contribution in [2.24, 2.45) is 11.1 Å². The molecule has 3 rings (SSSR count). The van der Waals surface area contributed by atoms with Gasteiger partial charge in [0.05, 0.1) is 17.4 Å². The van der Waals surface area contributed by atoms with E-state index in [1.165, 1.54) is 19.3 Å². The van der Waals surface area contributed by atoms with Crippen LogP contribution in [0.4, 0.5) is 5.95 Å².